The molecule has 1 atom stereocenters. The van der Waals surface area contributed by atoms with Crippen molar-refractivity contribution in [2.45, 2.75) is 23.8 Å². The standard InChI is InChI=1S/C19H17F2NO3S2/c1-13-7-12-17(26-13)27(23,24)22-18(14-5-3-2-4-6-14)15-8-10-16(11-9-15)25-19(20)21/h2-12,18-19,22H,1H3/t18-/m1/s1. The van der Waals surface area contributed by atoms with Gasteiger partial charge in [0.05, 0.1) is 6.04 Å². The summed E-state index contributed by atoms with van der Waals surface area (Å²) in [5, 5.41) is 0. The Labute approximate surface area is 160 Å². The molecule has 3 aromatic rings. The van der Waals surface area contributed by atoms with Crippen LogP contribution < -0.4 is 9.46 Å². The molecule has 142 valence electrons. The van der Waals surface area contributed by atoms with Crippen molar-refractivity contribution >= 4 is 21.4 Å². The van der Waals surface area contributed by atoms with Crippen molar-refractivity contribution in [3.63, 3.8) is 0 Å². The van der Waals surface area contributed by atoms with E-state index in [1.165, 1.54) is 23.5 Å². The quantitative estimate of drug-likeness (QED) is 0.614. The van der Waals surface area contributed by atoms with E-state index in [9.17, 15) is 17.2 Å². The van der Waals surface area contributed by atoms with Crippen LogP contribution in [0.4, 0.5) is 8.78 Å². The Kier molecular flexibility index (Phi) is 5.88. The molecule has 0 aliphatic carbocycles. The maximum Gasteiger partial charge on any atom is 0.387 e. The van der Waals surface area contributed by atoms with Crippen LogP contribution in [0.25, 0.3) is 0 Å². The van der Waals surface area contributed by atoms with Gasteiger partial charge in [-0.05, 0) is 42.3 Å². The molecule has 0 spiro atoms. The predicted octanol–water partition coefficient (Wildman–Crippen LogP) is 4.73. The molecular weight excluding hydrogens is 392 g/mol. The lowest BCUT2D eigenvalue weighted by molar-refractivity contribution is -0.0498. The first-order valence-corrected chi connectivity index (χ1v) is 10.3. The van der Waals surface area contributed by atoms with Crippen LogP contribution in [-0.2, 0) is 10.0 Å². The fourth-order valence-electron chi connectivity index (χ4n) is 2.59. The summed E-state index contributed by atoms with van der Waals surface area (Å²) in [6, 6.07) is 17.6. The van der Waals surface area contributed by atoms with E-state index in [4.69, 9.17) is 0 Å². The number of alkyl halides is 2. The van der Waals surface area contributed by atoms with Crippen molar-refractivity contribution < 1.29 is 21.9 Å². The van der Waals surface area contributed by atoms with Crippen molar-refractivity contribution in [1.82, 2.24) is 4.72 Å². The zero-order valence-corrected chi connectivity index (χ0v) is 15.9. The van der Waals surface area contributed by atoms with E-state index >= 15 is 0 Å². The molecule has 0 aliphatic rings. The molecule has 0 aliphatic heterocycles. The fraction of sp³-hybridized carbons (Fsp3) is 0.158. The number of ether oxygens (including phenoxy) is 1. The first-order chi connectivity index (χ1) is 12.8. The molecule has 0 fully saturated rings. The van der Waals surface area contributed by atoms with Gasteiger partial charge >= 0.3 is 6.61 Å². The number of hydrogen-bond acceptors (Lipinski definition) is 4. The summed E-state index contributed by atoms with van der Waals surface area (Å²) in [6.07, 6.45) is 0. The van der Waals surface area contributed by atoms with Crippen molar-refractivity contribution in [3.05, 3.63) is 82.7 Å². The number of thiophene rings is 1. The molecule has 0 bridgehead atoms. The molecular formula is C19H17F2NO3S2. The Bertz CT molecular complexity index is 987. The van der Waals surface area contributed by atoms with Crippen LogP contribution in [0, 0.1) is 6.92 Å². The van der Waals surface area contributed by atoms with E-state index < -0.39 is 22.7 Å². The Morgan fingerprint density at radius 2 is 1.56 bits per heavy atom. The SMILES string of the molecule is Cc1ccc(S(=O)(=O)N[C@H](c2ccccc2)c2ccc(OC(F)F)cc2)s1. The molecule has 2 aromatic carbocycles. The smallest absolute Gasteiger partial charge is 0.387 e. The monoisotopic (exact) mass is 409 g/mol. The van der Waals surface area contributed by atoms with Crippen LogP contribution in [0.1, 0.15) is 22.0 Å². The summed E-state index contributed by atoms with van der Waals surface area (Å²) >= 11 is 1.18. The molecule has 8 heteroatoms. The Balaban J connectivity index is 1.95. The van der Waals surface area contributed by atoms with E-state index in [0.717, 1.165) is 10.4 Å². The highest BCUT2D eigenvalue weighted by atomic mass is 32.2. The number of rotatable bonds is 7. The normalized spacial score (nSPS) is 12.9. The molecule has 0 saturated carbocycles. The zero-order valence-electron chi connectivity index (χ0n) is 14.3. The summed E-state index contributed by atoms with van der Waals surface area (Å²) < 4.78 is 57.6. The summed E-state index contributed by atoms with van der Waals surface area (Å²) in [6.45, 7) is -1.08. The second-order valence-electron chi connectivity index (χ2n) is 5.78. The third-order valence-corrected chi connectivity index (χ3v) is 6.74. The summed E-state index contributed by atoms with van der Waals surface area (Å²) in [5.74, 6) is 0.0114. The molecule has 0 radical (unpaired) electrons. The van der Waals surface area contributed by atoms with Gasteiger partial charge in [-0.1, -0.05) is 42.5 Å². The molecule has 1 heterocycles. The average molecular weight is 409 g/mol. The average Bonchev–Trinajstić information content (AvgIpc) is 3.08. The second-order valence-corrected chi connectivity index (χ2v) is 9.01. The highest BCUT2D eigenvalue weighted by Gasteiger charge is 2.24. The maximum atomic E-state index is 12.8. The Hall–Kier alpha value is -2.29. The van der Waals surface area contributed by atoms with Gasteiger partial charge < -0.3 is 4.74 Å². The van der Waals surface area contributed by atoms with E-state index in [1.807, 2.05) is 13.0 Å². The number of hydrogen-bond donors (Lipinski definition) is 1. The van der Waals surface area contributed by atoms with Crippen molar-refractivity contribution in [3.8, 4) is 5.75 Å². The van der Waals surface area contributed by atoms with Crippen molar-refractivity contribution in [2.75, 3.05) is 0 Å². The van der Waals surface area contributed by atoms with Crippen molar-refractivity contribution in [1.29, 1.82) is 0 Å². The molecule has 1 N–H and O–H groups in total. The van der Waals surface area contributed by atoms with Crippen LogP contribution in [0.3, 0.4) is 0 Å². The van der Waals surface area contributed by atoms with Gasteiger partial charge in [-0.2, -0.15) is 13.5 Å². The molecule has 4 nitrogen and oxygen atoms in total. The second kappa shape index (κ2) is 8.16. The minimum atomic E-state index is -3.75. The van der Waals surface area contributed by atoms with Crippen LogP contribution in [0.15, 0.2) is 70.9 Å². The highest BCUT2D eigenvalue weighted by Crippen LogP contribution is 2.28. The minimum absolute atomic E-state index is 0.0114. The minimum Gasteiger partial charge on any atom is -0.435 e. The number of halogens is 2. The van der Waals surface area contributed by atoms with Gasteiger partial charge in [0, 0.05) is 4.88 Å². The van der Waals surface area contributed by atoms with Crippen molar-refractivity contribution in [2.24, 2.45) is 0 Å². The van der Waals surface area contributed by atoms with E-state index in [1.54, 1.807) is 48.5 Å². The highest BCUT2D eigenvalue weighted by molar-refractivity contribution is 7.91. The largest absolute Gasteiger partial charge is 0.435 e. The van der Waals surface area contributed by atoms with Gasteiger partial charge in [0.2, 0.25) is 0 Å². The van der Waals surface area contributed by atoms with Gasteiger partial charge in [0.25, 0.3) is 10.0 Å². The van der Waals surface area contributed by atoms with E-state index in [0.29, 0.717) is 5.56 Å². The first-order valence-electron chi connectivity index (χ1n) is 8.03. The van der Waals surface area contributed by atoms with Crippen LogP contribution in [0.5, 0.6) is 5.75 Å². The fourth-order valence-corrected chi connectivity index (χ4v) is 5.10. The van der Waals surface area contributed by atoms with Crippen LogP contribution in [-0.4, -0.2) is 15.0 Å². The first kappa shape index (κ1) is 19.5. The number of aryl methyl sites for hydroxylation is 1. The van der Waals surface area contributed by atoms with E-state index in [-0.39, 0.29) is 9.96 Å². The lowest BCUT2D eigenvalue weighted by Crippen LogP contribution is -2.29. The third-order valence-electron chi connectivity index (χ3n) is 3.83. The Morgan fingerprint density at radius 3 is 2.11 bits per heavy atom. The number of benzene rings is 2. The topological polar surface area (TPSA) is 55.4 Å². The summed E-state index contributed by atoms with van der Waals surface area (Å²) in [7, 11) is -3.75. The lowest BCUT2D eigenvalue weighted by atomic mass is 10.00. The van der Waals surface area contributed by atoms with Crippen LogP contribution in [0.2, 0.25) is 0 Å². The molecule has 27 heavy (non-hydrogen) atoms. The van der Waals surface area contributed by atoms with Gasteiger partial charge in [-0.25, -0.2) is 8.42 Å². The summed E-state index contributed by atoms with van der Waals surface area (Å²) in [4.78, 5) is 0.889. The zero-order chi connectivity index (χ0) is 19.4. The Morgan fingerprint density at radius 1 is 0.926 bits per heavy atom. The van der Waals surface area contributed by atoms with Gasteiger partial charge in [0.1, 0.15) is 9.96 Å². The molecule has 1 aromatic heterocycles. The van der Waals surface area contributed by atoms with Gasteiger partial charge in [0.15, 0.2) is 0 Å². The van der Waals surface area contributed by atoms with E-state index in [2.05, 4.69) is 9.46 Å². The van der Waals surface area contributed by atoms with Gasteiger partial charge in [-0.3, -0.25) is 0 Å². The third kappa shape index (κ3) is 4.91. The molecule has 0 unspecified atom stereocenters. The van der Waals surface area contributed by atoms with Gasteiger partial charge in [-0.15, -0.1) is 11.3 Å². The summed E-state index contributed by atoms with van der Waals surface area (Å²) in [5.41, 5.74) is 1.34. The molecule has 0 amide bonds. The predicted molar refractivity (Wildman–Crippen MR) is 101 cm³/mol. The van der Waals surface area contributed by atoms with Crippen LogP contribution >= 0.6 is 11.3 Å². The molecule has 3 rings (SSSR count). The lowest BCUT2D eigenvalue weighted by Gasteiger charge is -2.20. The number of nitrogens with one attached hydrogen (secondary N) is 1. The number of sulfonamides is 1. The molecule has 0 saturated heterocycles. The maximum absolute atomic E-state index is 12.8.